The van der Waals surface area contributed by atoms with Crippen LogP contribution in [0.5, 0.6) is 0 Å². The molecule has 3 atom stereocenters. The number of ether oxygens (including phenoxy) is 2. The number of hydrogen-bond acceptors (Lipinski definition) is 9. The summed E-state index contributed by atoms with van der Waals surface area (Å²) in [4.78, 5) is 45.8. The lowest BCUT2D eigenvalue weighted by Crippen LogP contribution is -2.34. The number of phosphoric acid groups is 1. The average Bonchev–Trinajstić information content (AvgIpc) is 3.14. The first kappa shape index (κ1) is 51.4. The van der Waals surface area contributed by atoms with E-state index in [-0.39, 0.29) is 19.4 Å². The smallest absolute Gasteiger partial charge is 0.472 e. The lowest BCUT2D eigenvalue weighted by Gasteiger charge is -2.20. The van der Waals surface area contributed by atoms with Crippen molar-refractivity contribution in [3.05, 3.63) is 48.6 Å². The van der Waals surface area contributed by atoms with Gasteiger partial charge in [0.05, 0.1) is 13.2 Å². The van der Waals surface area contributed by atoms with E-state index in [4.69, 9.17) is 24.8 Å². The third-order valence-corrected chi connectivity index (χ3v) is 9.50. The van der Waals surface area contributed by atoms with Gasteiger partial charge in [-0.25, -0.2) is 4.57 Å². The molecule has 0 aromatic rings. The van der Waals surface area contributed by atoms with Crippen LogP contribution in [-0.2, 0) is 37.5 Å². The SMILES string of the molecule is CCCC/C=C/CCCCCCCCCCCC(=O)O[C@H](COC(=O)CCCC/C=C/C/C=C/C/C=C/CCCCC)COP(=O)(O)OC[C@H](N)C(=O)O. The fourth-order valence-corrected chi connectivity index (χ4v) is 6.01. The number of unbranched alkanes of at least 4 members (excludes halogenated alkanes) is 16. The standard InChI is InChI=1S/C42H74NO10P/c1-3-5-7-9-11-13-15-17-19-21-23-25-27-29-31-33-40(44)50-35-38(36-51-54(48,49)52-37-39(43)42(46)47)53-41(45)34-32-30-28-26-24-22-20-18-16-14-12-10-8-6-4-2/h10-13,17,19,23,25,38-39H,3-9,14-16,18,20-22,24,26-37,43H2,1-2H3,(H,46,47)(H,48,49)/b12-10+,13-11+,19-17+,25-23+/t38-,39+/m1/s1. The van der Waals surface area contributed by atoms with Crippen LogP contribution in [0.25, 0.3) is 0 Å². The molecule has 0 aromatic heterocycles. The third kappa shape index (κ3) is 36.4. The predicted molar refractivity (Wildman–Crippen MR) is 217 cm³/mol. The van der Waals surface area contributed by atoms with Crippen molar-refractivity contribution in [2.75, 3.05) is 19.8 Å². The van der Waals surface area contributed by atoms with E-state index in [0.29, 0.717) is 12.8 Å². The van der Waals surface area contributed by atoms with E-state index in [1.54, 1.807) is 0 Å². The Kier molecular flexibility index (Phi) is 35.6. The van der Waals surface area contributed by atoms with Gasteiger partial charge in [-0.3, -0.25) is 23.4 Å². The highest BCUT2D eigenvalue weighted by molar-refractivity contribution is 7.47. The first-order valence-corrected chi connectivity index (χ1v) is 22.2. The minimum atomic E-state index is -4.72. The molecule has 312 valence electrons. The number of carbonyl (C=O) groups is 3. The van der Waals surface area contributed by atoms with Gasteiger partial charge in [0.25, 0.3) is 0 Å². The van der Waals surface area contributed by atoms with Crippen LogP contribution < -0.4 is 5.73 Å². The number of aliphatic carboxylic acids is 1. The number of hydrogen-bond donors (Lipinski definition) is 3. The molecule has 1 unspecified atom stereocenters. The second-order valence-corrected chi connectivity index (χ2v) is 15.2. The van der Waals surface area contributed by atoms with Gasteiger partial charge in [0, 0.05) is 12.8 Å². The quantitative estimate of drug-likeness (QED) is 0.0235. The zero-order chi connectivity index (χ0) is 40.0. The number of carboxylic acids is 1. The largest absolute Gasteiger partial charge is 0.480 e. The Morgan fingerprint density at radius 2 is 1.00 bits per heavy atom. The van der Waals surface area contributed by atoms with Crippen molar-refractivity contribution >= 4 is 25.7 Å². The molecule has 12 heteroatoms. The third-order valence-electron chi connectivity index (χ3n) is 8.55. The van der Waals surface area contributed by atoms with E-state index in [1.165, 1.54) is 77.0 Å². The first-order chi connectivity index (χ1) is 26.1. The van der Waals surface area contributed by atoms with E-state index in [2.05, 4.69) is 67.0 Å². The highest BCUT2D eigenvalue weighted by Crippen LogP contribution is 2.43. The van der Waals surface area contributed by atoms with Crippen LogP contribution in [0.3, 0.4) is 0 Å². The molecule has 0 saturated carbocycles. The Bertz CT molecular complexity index is 1110. The predicted octanol–water partition coefficient (Wildman–Crippen LogP) is 10.6. The second kappa shape index (κ2) is 37.4. The molecule has 0 bridgehead atoms. The molecule has 0 heterocycles. The molecule has 0 amide bonds. The molecule has 0 radical (unpaired) electrons. The first-order valence-electron chi connectivity index (χ1n) is 20.7. The zero-order valence-electron chi connectivity index (χ0n) is 33.6. The minimum absolute atomic E-state index is 0.149. The number of nitrogens with two attached hydrogens (primary N) is 1. The average molecular weight is 784 g/mol. The van der Waals surface area contributed by atoms with Crippen LogP contribution in [0.4, 0.5) is 0 Å². The second-order valence-electron chi connectivity index (χ2n) is 13.8. The topological polar surface area (TPSA) is 172 Å². The van der Waals surface area contributed by atoms with Crippen molar-refractivity contribution in [1.29, 1.82) is 0 Å². The van der Waals surface area contributed by atoms with Crippen molar-refractivity contribution in [3.8, 4) is 0 Å². The summed E-state index contributed by atoms with van der Waals surface area (Å²) in [5.74, 6) is -2.43. The van der Waals surface area contributed by atoms with E-state index in [1.807, 2.05) is 0 Å². The summed E-state index contributed by atoms with van der Waals surface area (Å²) in [5, 5.41) is 8.87. The van der Waals surface area contributed by atoms with Gasteiger partial charge >= 0.3 is 25.7 Å². The Labute approximate surface area is 326 Å². The maximum Gasteiger partial charge on any atom is 0.472 e. The molecule has 0 aliphatic rings. The van der Waals surface area contributed by atoms with E-state index in [9.17, 15) is 23.8 Å². The van der Waals surface area contributed by atoms with Crippen LogP contribution in [0.1, 0.15) is 168 Å². The van der Waals surface area contributed by atoms with Crippen molar-refractivity contribution in [3.63, 3.8) is 0 Å². The van der Waals surface area contributed by atoms with Gasteiger partial charge < -0.3 is 25.2 Å². The number of carbonyl (C=O) groups excluding carboxylic acids is 2. The van der Waals surface area contributed by atoms with Crippen LogP contribution in [0, 0.1) is 0 Å². The van der Waals surface area contributed by atoms with Gasteiger partial charge in [0.2, 0.25) is 0 Å². The number of esters is 2. The summed E-state index contributed by atoms with van der Waals surface area (Å²) < 4.78 is 32.6. The molecule has 0 aliphatic carbocycles. The lowest BCUT2D eigenvalue weighted by atomic mass is 10.1. The highest BCUT2D eigenvalue weighted by atomic mass is 31.2. The lowest BCUT2D eigenvalue weighted by molar-refractivity contribution is -0.161. The van der Waals surface area contributed by atoms with Crippen LogP contribution in [0.15, 0.2) is 48.6 Å². The Hall–Kier alpha value is -2.56. The summed E-state index contributed by atoms with van der Waals surface area (Å²) in [5.41, 5.74) is 5.32. The molecule has 0 saturated heterocycles. The fraction of sp³-hybridized carbons (Fsp3) is 0.738. The maximum absolute atomic E-state index is 12.6. The minimum Gasteiger partial charge on any atom is -0.480 e. The number of carboxylic acid groups (broad SMARTS) is 1. The molecule has 0 aromatic carbocycles. The van der Waals surface area contributed by atoms with Crippen molar-refractivity contribution < 1.29 is 47.5 Å². The van der Waals surface area contributed by atoms with Gasteiger partial charge in [-0.05, 0) is 70.6 Å². The fourth-order valence-electron chi connectivity index (χ4n) is 5.23. The van der Waals surface area contributed by atoms with Crippen molar-refractivity contribution in [2.45, 2.75) is 180 Å². The molecule has 11 nitrogen and oxygen atoms in total. The van der Waals surface area contributed by atoms with Gasteiger partial charge in [-0.1, -0.05) is 133 Å². The number of allylic oxidation sites excluding steroid dienone is 8. The molecule has 0 fully saturated rings. The summed E-state index contributed by atoms with van der Waals surface area (Å²) in [6.07, 6.45) is 40.3. The van der Waals surface area contributed by atoms with Crippen molar-refractivity contribution in [1.82, 2.24) is 0 Å². The Balaban J connectivity index is 4.46. The van der Waals surface area contributed by atoms with Gasteiger partial charge in [-0.2, -0.15) is 0 Å². The molecule has 0 rings (SSSR count). The van der Waals surface area contributed by atoms with Crippen LogP contribution >= 0.6 is 7.82 Å². The molecular formula is C42H74NO10P. The van der Waals surface area contributed by atoms with Crippen molar-refractivity contribution in [2.24, 2.45) is 5.73 Å². The monoisotopic (exact) mass is 784 g/mol. The molecule has 54 heavy (non-hydrogen) atoms. The molecule has 0 aliphatic heterocycles. The van der Waals surface area contributed by atoms with E-state index in [0.717, 1.165) is 51.4 Å². The summed E-state index contributed by atoms with van der Waals surface area (Å²) in [6.45, 7) is 2.69. The highest BCUT2D eigenvalue weighted by Gasteiger charge is 2.28. The van der Waals surface area contributed by atoms with Gasteiger partial charge in [-0.15, -0.1) is 0 Å². The normalized spacial score (nSPS) is 14.3. The molecular weight excluding hydrogens is 709 g/mol. The Morgan fingerprint density at radius 3 is 1.57 bits per heavy atom. The number of phosphoric ester groups is 1. The van der Waals surface area contributed by atoms with Gasteiger partial charge in [0.1, 0.15) is 12.6 Å². The van der Waals surface area contributed by atoms with E-state index < -0.39 is 51.1 Å². The summed E-state index contributed by atoms with van der Waals surface area (Å²) in [7, 11) is -4.72. The summed E-state index contributed by atoms with van der Waals surface area (Å²) >= 11 is 0. The molecule has 0 spiro atoms. The van der Waals surface area contributed by atoms with Crippen LogP contribution in [-0.4, -0.2) is 59.9 Å². The number of rotatable bonds is 38. The Morgan fingerprint density at radius 1 is 0.574 bits per heavy atom. The van der Waals surface area contributed by atoms with Crippen LogP contribution in [0.2, 0.25) is 0 Å². The zero-order valence-corrected chi connectivity index (χ0v) is 34.4. The maximum atomic E-state index is 12.6. The van der Waals surface area contributed by atoms with Gasteiger partial charge in [0.15, 0.2) is 6.10 Å². The molecule has 4 N–H and O–H groups in total. The van der Waals surface area contributed by atoms with E-state index >= 15 is 0 Å². The summed E-state index contributed by atoms with van der Waals surface area (Å²) in [6, 6.07) is -1.53.